The van der Waals surface area contributed by atoms with Crippen LogP contribution in [-0.4, -0.2) is 36.8 Å². The number of aryl methyl sites for hydroxylation is 1. The summed E-state index contributed by atoms with van der Waals surface area (Å²) < 4.78 is 1.81. The van der Waals surface area contributed by atoms with Gasteiger partial charge in [-0.05, 0) is 47.7 Å². The zero-order chi connectivity index (χ0) is 26.1. The fourth-order valence-electron chi connectivity index (χ4n) is 4.47. The van der Waals surface area contributed by atoms with E-state index in [-0.39, 0.29) is 17.2 Å². The normalized spacial score (nSPS) is 17.1. The van der Waals surface area contributed by atoms with Crippen molar-refractivity contribution in [3.8, 4) is 0 Å². The van der Waals surface area contributed by atoms with Gasteiger partial charge < -0.3 is 5.11 Å². The van der Waals surface area contributed by atoms with Crippen molar-refractivity contribution in [1.82, 2.24) is 20.0 Å². The predicted octanol–water partition coefficient (Wildman–Crippen LogP) is 4.78. The number of aliphatic hydroxyl groups is 1. The molecule has 0 aliphatic carbocycles. The Bertz CT molecular complexity index is 1460. The maximum absolute atomic E-state index is 13.3. The van der Waals surface area contributed by atoms with Crippen LogP contribution in [0.3, 0.4) is 0 Å². The third kappa shape index (κ3) is 4.65. The number of carbonyl (C=O) groups is 2. The van der Waals surface area contributed by atoms with Gasteiger partial charge in [-0.1, -0.05) is 62.4 Å². The molecule has 5 rings (SSSR count). The summed E-state index contributed by atoms with van der Waals surface area (Å²) in [6.45, 7) is 6.54. The number of aromatic nitrogens is 4. The molecule has 3 heterocycles. The van der Waals surface area contributed by atoms with Crippen molar-refractivity contribution >= 4 is 23.3 Å². The minimum absolute atomic E-state index is 0.0181. The number of anilines is 1. The number of ketones is 1. The molecule has 0 saturated carbocycles. The maximum Gasteiger partial charge on any atom is 0.301 e. The van der Waals surface area contributed by atoms with E-state index in [1.807, 2.05) is 53.3 Å². The highest BCUT2D eigenvalue weighted by molar-refractivity contribution is 6.51. The van der Waals surface area contributed by atoms with E-state index in [0.717, 1.165) is 11.1 Å². The molecule has 1 saturated heterocycles. The lowest BCUT2D eigenvalue weighted by Gasteiger charge is -2.24. The van der Waals surface area contributed by atoms with E-state index in [2.05, 4.69) is 29.1 Å². The number of hydrogen-bond acceptors (Lipinski definition) is 6. The number of Topliss-reactive ketones (excluding diaryl/α,β-unsaturated/α-hetero) is 1. The third-order valence-corrected chi connectivity index (χ3v) is 6.53. The molecule has 2 aromatic heterocycles. The second kappa shape index (κ2) is 9.81. The van der Waals surface area contributed by atoms with Crippen molar-refractivity contribution in [2.45, 2.75) is 39.3 Å². The largest absolute Gasteiger partial charge is 0.507 e. The molecule has 1 atom stereocenters. The summed E-state index contributed by atoms with van der Waals surface area (Å²) in [7, 11) is 0. The number of hydrogen-bond donors (Lipinski definition) is 1. The molecule has 37 heavy (non-hydrogen) atoms. The van der Waals surface area contributed by atoms with Gasteiger partial charge in [-0.2, -0.15) is 10.2 Å². The Kier molecular flexibility index (Phi) is 6.40. The van der Waals surface area contributed by atoms with Crippen LogP contribution in [0.15, 0.2) is 84.7 Å². The van der Waals surface area contributed by atoms with Crippen molar-refractivity contribution in [2.24, 2.45) is 0 Å². The topological polar surface area (TPSA) is 101 Å². The summed E-state index contributed by atoms with van der Waals surface area (Å²) in [4.78, 5) is 27.9. The monoisotopic (exact) mass is 493 g/mol. The SMILES string of the molecule is Cc1ccc(N2C(=O)C(=O)C(=C(O)c3ccc(C(C)C)cc3)C2c2ccc(Cn3cccn3)cc2)nn1. The molecule has 8 nitrogen and oxygen atoms in total. The average Bonchev–Trinajstić information content (AvgIpc) is 3.51. The molecule has 1 fully saturated rings. The molecule has 8 heteroatoms. The molecule has 0 bridgehead atoms. The predicted molar refractivity (Wildman–Crippen MR) is 140 cm³/mol. The highest BCUT2D eigenvalue weighted by Crippen LogP contribution is 2.41. The lowest BCUT2D eigenvalue weighted by atomic mass is 9.93. The average molecular weight is 494 g/mol. The molecule has 2 aromatic carbocycles. The van der Waals surface area contributed by atoms with Crippen LogP contribution in [0, 0.1) is 6.92 Å². The van der Waals surface area contributed by atoms with Gasteiger partial charge in [0.15, 0.2) is 5.82 Å². The zero-order valence-corrected chi connectivity index (χ0v) is 20.9. The Labute approximate surface area is 214 Å². The van der Waals surface area contributed by atoms with Gasteiger partial charge in [0.25, 0.3) is 5.78 Å². The molecule has 0 spiro atoms. The summed E-state index contributed by atoms with van der Waals surface area (Å²) in [5.74, 6) is -1.18. The van der Waals surface area contributed by atoms with Crippen LogP contribution in [0.5, 0.6) is 0 Å². The molecule has 0 radical (unpaired) electrons. The summed E-state index contributed by atoms with van der Waals surface area (Å²) in [5, 5.41) is 23.8. The van der Waals surface area contributed by atoms with Crippen molar-refractivity contribution in [1.29, 1.82) is 0 Å². The Morgan fingerprint density at radius 2 is 1.70 bits per heavy atom. The fourth-order valence-corrected chi connectivity index (χ4v) is 4.47. The highest BCUT2D eigenvalue weighted by Gasteiger charge is 2.47. The summed E-state index contributed by atoms with van der Waals surface area (Å²) >= 11 is 0. The molecule has 1 N–H and O–H groups in total. The van der Waals surface area contributed by atoms with Crippen LogP contribution in [0.25, 0.3) is 5.76 Å². The third-order valence-electron chi connectivity index (χ3n) is 6.53. The van der Waals surface area contributed by atoms with Gasteiger partial charge in [0.2, 0.25) is 0 Å². The van der Waals surface area contributed by atoms with E-state index >= 15 is 0 Å². The Morgan fingerprint density at radius 1 is 0.973 bits per heavy atom. The van der Waals surface area contributed by atoms with E-state index in [1.165, 1.54) is 4.90 Å². The number of benzene rings is 2. The molecule has 4 aromatic rings. The quantitative estimate of drug-likeness (QED) is 0.236. The number of rotatable bonds is 6. The zero-order valence-electron chi connectivity index (χ0n) is 20.9. The first-order chi connectivity index (χ1) is 17.8. The van der Waals surface area contributed by atoms with Gasteiger partial charge in [0.1, 0.15) is 5.76 Å². The first-order valence-corrected chi connectivity index (χ1v) is 12.1. The fraction of sp³-hybridized carbons (Fsp3) is 0.207. The van der Waals surface area contributed by atoms with Gasteiger partial charge in [0.05, 0.1) is 23.9 Å². The molecule has 1 amide bonds. The van der Waals surface area contributed by atoms with Gasteiger partial charge in [-0.15, -0.1) is 5.10 Å². The second-order valence-electron chi connectivity index (χ2n) is 9.42. The van der Waals surface area contributed by atoms with Crippen LogP contribution < -0.4 is 4.90 Å². The number of carbonyl (C=O) groups excluding carboxylic acids is 2. The van der Waals surface area contributed by atoms with Gasteiger partial charge in [0, 0.05) is 18.0 Å². The molecule has 1 unspecified atom stereocenters. The number of nitrogens with zero attached hydrogens (tertiary/aromatic N) is 5. The first kappa shape index (κ1) is 24.1. The molecule has 1 aliphatic heterocycles. The van der Waals surface area contributed by atoms with Crippen molar-refractivity contribution < 1.29 is 14.7 Å². The maximum atomic E-state index is 13.3. The Balaban J connectivity index is 1.61. The standard InChI is InChI=1S/C29H27N5O3/c1-18(2)21-10-12-23(13-11-21)27(35)25-26(22-8-6-20(7-9-22)17-33-16-4-15-30-33)34(29(37)28(25)36)24-14-5-19(3)31-32-24/h4-16,18,26,35H,17H2,1-3H3. The minimum Gasteiger partial charge on any atom is -0.507 e. The summed E-state index contributed by atoms with van der Waals surface area (Å²) in [5.41, 5.74) is 3.96. The van der Waals surface area contributed by atoms with E-state index in [9.17, 15) is 14.7 Å². The lowest BCUT2D eigenvalue weighted by Crippen LogP contribution is -2.30. The van der Waals surface area contributed by atoms with Crippen molar-refractivity contribution in [3.63, 3.8) is 0 Å². The molecular weight excluding hydrogens is 466 g/mol. The van der Waals surface area contributed by atoms with Crippen LogP contribution in [0.2, 0.25) is 0 Å². The van der Waals surface area contributed by atoms with Crippen molar-refractivity contribution in [3.05, 3.63) is 113 Å². The Hall–Kier alpha value is -4.59. The van der Waals surface area contributed by atoms with E-state index in [1.54, 1.807) is 37.4 Å². The van der Waals surface area contributed by atoms with E-state index < -0.39 is 17.7 Å². The molecule has 186 valence electrons. The van der Waals surface area contributed by atoms with Crippen molar-refractivity contribution in [2.75, 3.05) is 4.90 Å². The number of amides is 1. The van der Waals surface area contributed by atoms with E-state index in [4.69, 9.17) is 0 Å². The number of aliphatic hydroxyl groups excluding tert-OH is 1. The van der Waals surface area contributed by atoms with Gasteiger partial charge in [-0.25, -0.2) is 0 Å². The molecular formula is C29H27N5O3. The van der Waals surface area contributed by atoms with Crippen LogP contribution in [-0.2, 0) is 16.1 Å². The second-order valence-corrected chi connectivity index (χ2v) is 9.42. The van der Waals surface area contributed by atoms with Crippen LogP contribution >= 0.6 is 0 Å². The van der Waals surface area contributed by atoms with Gasteiger partial charge >= 0.3 is 5.91 Å². The summed E-state index contributed by atoms with van der Waals surface area (Å²) in [6.07, 6.45) is 3.60. The Morgan fingerprint density at radius 3 is 2.30 bits per heavy atom. The highest BCUT2D eigenvalue weighted by atomic mass is 16.3. The first-order valence-electron chi connectivity index (χ1n) is 12.1. The van der Waals surface area contributed by atoms with Crippen LogP contribution in [0.4, 0.5) is 5.82 Å². The smallest absolute Gasteiger partial charge is 0.301 e. The van der Waals surface area contributed by atoms with Crippen LogP contribution in [0.1, 0.15) is 53.8 Å². The lowest BCUT2D eigenvalue weighted by molar-refractivity contribution is -0.132. The van der Waals surface area contributed by atoms with Gasteiger partial charge in [-0.3, -0.25) is 19.2 Å². The minimum atomic E-state index is -0.861. The summed E-state index contributed by atoms with van der Waals surface area (Å²) in [6, 6.07) is 19.3. The molecule has 1 aliphatic rings. The van der Waals surface area contributed by atoms with E-state index in [0.29, 0.717) is 29.3 Å².